The van der Waals surface area contributed by atoms with Crippen molar-refractivity contribution in [3.8, 4) is 0 Å². The van der Waals surface area contributed by atoms with Crippen LogP contribution in [0.15, 0.2) is 39.8 Å². The molecule has 1 aromatic heterocycles. The summed E-state index contributed by atoms with van der Waals surface area (Å²) in [7, 11) is -1.21. The van der Waals surface area contributed by atoms with Crippen LogP contribution >= 0.6 is 15.9 Å². The van der Waals surface area contributed by atoms with Crippen molar-refractivity contribution in [3.05, 3.63) is 34.9 Å². The van der Waals surface area contributed by atoms with E-state index in [-0.39, 0.29) is 0 Å². The number of nitrogens with zero attached hydrogens (tertiary/aromatic N) is 2. The van der Waals surface area contributed by atoms with E-state index in [1.807, 2.05) is 24.3 Å². The van der Waals surface area contributed by atoms with E-state index in [4.69, 9.17) is 0 Å². The van der Waals surface area contributed by atoms with Crippen LogP contribution in [0, 0.1) is 0 Å². The molecule has 2 heterocycles. The lowest BCUT2D eigenvalue weighted by atomic mass is 10.3. The molecule has 1 unspecified atom stereocenters. The van der Waals surface area contributed by atoms with Crippen molar-refractivity contribution in [2.45, 2.75) is 11.3 Å². The molecule has 21 heavy (non-hydrogen) atoms. The highest BCUT2D eigenvalue weighted by Gasteiger charge is 2.09. The summed E-state index contributed by atoms with van der Waals surface area (Å²) in [5, 5.41) is 6.36. The van der Waals surface area contributed by atoms with E-state index in [9.17, 15) is 4.21 Å². The van der Waals surface area contributed by atoms with Gasteiger partial charge in [0, 0.05) is 25.0 Å². The van der Waals surface area contributed by atoms with E-state index in [1.54, 1.807) is 6.20 Å². The van der Waals surface area contributed by atoms with E-state index in [1.165, 1.54) is 0 Å². The molecule has 3 N–H and O–H groups in total. The van der Waals surface area contributed by atoms with Gasteiger partial charge >= 0.3 is 0 Å². The Morgan fingerprint density at radius 2 is 2.19 bits per heavy atom. The molecule has 8 heteroatoms. The van der Waals surface area contributed by atoms with Crippen LogP contribution in [0.25, 0.3) is 0 Å². The fourth-order valence-corrected chi connectivity index (χ4v) is 3.18. The first kappa shape index (κ1) is 14.4. The zero-order valence-electron chi connectivity index (χ0n) is 11.1. The van der Waals surface area contributed by atoms with Crippen molar-refractivity contribution >= 4 is 44.4 Å². The summed E-state index contributed by atoms with van der Waals surface area (Å²) in [4.78, 5) is 9.39. The Labute approximate surface area is 133 Å². The molecule has 2 aromatic rings. The Morgan fingerprint density at radius 3 is 3.10 bits per heavy atom. The molecule has 1 aromatic carbocycles. The topological polar surface area (TPSA) is 78.9 Å². The van der Waals surface area contributed by atoms with Gasteiger partial charge in [0.1, 0.15) is 16.8 Å². The van der Waals surface area contributed by atoms with Crippen LogP contribution in [0.4, 0.5) is 17.5 Å². The average molecular weight is 368 g/mol. The quantitative estimate of drug-likeness (QED) is 0.666. The molecular formula is C13H14BrN5OS. The maximum absolute atomic E-state index is 12.1. The van der Waals surface area contributed by atoms with E-state index in [0.29, 0.717) is 12.5 Å². The van der Waals surface area contributed by atoms with Gasteiger partial charge in [0.05, 0.1) is 9.37 Å². The molecule has 1 atom stereocenters. The third kappa shape index (κ3) is 3.58. The highest BCUT2D eigenvalue weighted by molar-refractivity contribution is 9.10. The van der Waals surface area contributed by atoms with Crippen LogP contribution in [-0.2, 0) is 11.0 Å². The van der Waals surface area contributed by atoms with Gasteiger partial charge in [-0.25, -0.2) is 13.9 Å². The molecule has 3 rings (SSSR count). The lowest BCUT2D eigenvalue weighted by molar-refractivity contribution is 0.669. The minimum absolute atomic E-state index is 0.496. The summed E-state index contributed by atoms with van der Waals surface area (Å²) in [6.45, 7) is 1.39. The Morgan fingerprint density at radius 1 is 1.29 bits per heavy atom. The van der Waals surface area contributed by atoms with Crippen LogP contribution in [0.1, 0.15) is 6.42 Å². The number of fused-ring (bicyclic) bond motifs is 4. The zero-order chi connectivity index (χ0) is 14.7. The average Bonchev–Trinajstić information content (AvgIpc) is 2.50. The minimum atomic E-state index is -1.21. The monoisotopic (exact) mass is 367 g/mol. The third-order valence-electron chi connectivity index (χ3n) is 2.93. The van der Waals surface area contributed by atoms with Crippen molar-refractivity contribution in [2.75, 3.05) is 23.7 Å². The number of hydrogen-bond donors (Lipinski definition) is 3. The van der Waals surface area contributed by atoms with Gasteiger partial charge in [-0.3, -0.25) is 0 Å². The number of rotatable bonds is 0. The van der Waals surface area contributed by atoms with Crippen LogP contribution in [0.5, 0.6) is 0 Å². The molecule has 0 aliphatic carbocycles. The Balaban J connectivity index is 1.97. The molecule has 0 saturated carbocycles. The maximum atomic E-state index is 12.1. The van der Waals surface area contributed by atoms with Crippen LogP contribution in [0.3, 0.4) is 0 Å². The van der Waals surface area contributed by atoms with Gasteiger partial charge in [0.2, 0.25) is 5.95 Å². The first-order valence-electron chi connectivity index (χ1n) is 6.51. The van der Waals surface area contributed by atoms with Crippen molar-refractivity contribution in [1.82, 2.24) is 14.7 Å². The van der Waals surface area contributed by atoms with Crippen molar-refractivity contribution in [1.29, 1.82) is 0 Å². The summed E-state index contributed by atoms with van der Waals surface area (Å²) in [5.41, 5.74) is 0.801. The molecule has 0 saturated heterocycles. The maximum Gasteiger partial charge on any atom is 0.229 e. The molecular weight excluding hydrogens is 354 g/mol. The van der Waals surface area contributed by atoms with Crippen LogP contribution < -0.4 is 15.4 Å². The second kappa shape index (κ2) is 6.50. The number of nitrogens with one attached hydrogen (secondary N) is 3. The van der Waals surface area contributed by atoms with Gasteiger partial charge in [-0.1, -0.05) is 6.07 Å². The van der Waals surface area contributed by atoms with Gasteiger partial charge in [-0.2, -0.15) is 4.98 Å². The van der Waals surface area contributed by atoms with Crippen LogP contribution in [-0.4, -0.2) is 27.3 Å². The molecule has 110 valence electrons. The molecule has 1 aliphatic rings. The van der Waals surface area contributed by atoms with Crippen molar-refractivity contribution in [2.24, 2.45) is 0 Å². The summed E-state index contributed by atoms with van der Waals surface area (Å²) < 4.78 is 16.0. The number of hydrogen-bond acceptors (Lipinski definition) is 5. The lowest BCUT2D eigenvalue weighted by Crippen LogP contribution is -2.20. The number of halogens is 1. The third-order valence-corrected chi connectivity index (χ3v) is 4.66. The largest absolute Gasteiger partial charge is 0.369 e. The Bertz CT molecular complexity index is 681. The van der Waals surface area contributed by atoms with Gasteiger partial charge in [-0.05, 0) is 40.5 Å². The van der Waals surface area contributed by atoms with Gasteiger partial charge in [0.25, 0.3) is 0 Å². The molecule has 1 aliphatic heterocycles. The highest BCUT2D eigenvalue weighted by atomic mass is 79.9. The first-order valence-corrected chi connectivity index (χ1v) is 8.45. The number of aromatic nitrogens is 2. The molecule has 0 amide bonds. The summed E-state index contributed by atoms with van der Waals surface area (Å²) in [6, 6.07) is 7.41. The first-order chi connectivity index (χ1) is 10.2. The predicted octanol–water partition coefficient (Wildman–Crippen LogP) is 2.41. The van der Waals surface area contributed by atoms with E-state index in [2.05, 4.69) is 41.3 Å². The van der Waals surface area contributed by atoms with E-state index < -0.39 is 11.0 Å². The van der Waals surface area contributed by atoms with Gasteiger partial charge in [0.15, 0.2) is 0 Å². The van der Waals surface area contributed by atoms with Gasteiger partial charge in [-0.15, -0.1) is 0 Å². The van der Waals surface area contributed by atoms with Crippen molar-refractivity contribution < 1.29 is 4.21 Å². The summed E-state index contributed by atoms with van der Waals surface area (Å²) in [6.07, 6.45) is 2.54. The Hall–Kier alpha value is -1.51. The summed E-state index contributed by atoms with van der Waals surface area (Å²) >= 11 is 3.43. The second-order valence-corrected chi connectivity index (χ2v) is 6.64. The standard InChI is InChI=1S/C13H14BrN5OS/c14-11-8-16-13-18-9-3-1-4-10(7-9)21(20)17-6-2-5-15-12(11)19-13/h1,3-4,7-8,17H,2,5-6H2,(H2,15,16,18,19). The summed E-state index contributed by atoms with van der Waals surface area (Å²) in [5.74, 6) is 1.24. The van der Waals surface area contributed by atoms with Gasteiger partial charge < -0.3 is 10.6 Å². The van der Waals surface area contributed by atoms with E-state index in [0.717, 1.165) is 33.8 Å². The lowest BCUT2D eigenvalue weighted by Gasteiger charge is -2.09. The highest BCUT2D eigenvalue weighted by Crippen LogP contribution is 2.23. The molecule has 6 nitrogen and oxygen atoms in total. The minimum Gasteiger partial charge on any atom is -0.369 e. The number of benzene rings is 1. The van der Waals surface area contributed by atoms with Crippen LogP contribution in [0.2, 0.25) is 0 Å². The predicted molar refractivity (Wildman–Crippen MR) is 87.0 cm³/mol. The molecule has 0 fully saturated rings. The normalized spacial score (nSPS) is 18.4. The SMILES string of the molecule is O=S1NCCCNc2nc(ncc2Br)Nc2cccc1c2. The molecule has 0 radical (unpaired) electrons. The molecule has 4 bridgehead atoms. The van der Waals surface area contributed by atoms with Crippen molar-refractivity contribution in [3.63, 3.8) is 0 Å². The fraction of sp³-hybridized carbons (Fsp3) is 0.231. The molecule has 0 spiro atoms. The van der Waals surface area contributed by atoms with E-state index >= 15 is 0 Å². The fourth-order valence-electron chi connectivity index (χ4n) is 1.91. The smallest absolute Gasteiger partial charge is 0.229 e. The Kier molecular flexibility index (Phi) is 4.47. The number of anilines is 3. The second-order valence-electron chi connectivity index (χ2n) is 4.49. The zero-order valence-corrected chi connectivity index (χ0v) is 13.5.